The van der Waals surface area contributed by atoms with Crippen LogP contribution in [0.15, 0.2) is 61.1 Å². The smallest absolute Gasteiger partial charge is 0.354 e. The first-order valence-corrected chi connectivity index (χ1v) is 6.92. The monoisotopic (exact) mass is 502 g/mol. The van der Waals surface area contributed by atoms with Crippen LogP contribution in [0, 0.1) is 6.07 Å². The number of aromatic nitrogens is 3. The number of hydrogen-bond donors (Lipinski definition) is 1. The number of nitrogens with zero attached hydrogens (tertiary/aromatic N) is 4. The Morgan fingerprint density at radius 1 is 1.17 bits per heavy atom. The third kappa shape index (κ3) is 5.30. The van der Waals surface area contributed by atoms with E-state index in [1.165, 1.54) is 12.3 Å². The Morgan fingerprint density at radius 2 is 1.96 bits per heavy atom. The molecule has 0 aliphatic carbocycles. The van der Waals surface area contributed by atoms with Gasteiger partial charge in [-0.3, -0.25) is 4.68 Å². The van der Waals surface area contributed by atoms with Gasteiger partial charge < -0.3 is 10.0 Å². The van der Waals surface area contributed by atoms with E-state index in [1.807, 2.05) is 54.1 Å². The van der Waals surface area contributed by atoms with E-state index in [0.29, 0.717) is 0 Å². The molecule has 0 spiro atoms. The second-order valence-electron chi connectivity index (χ2n) is 4.77. The number of aromatic carboxylic acids is 1. The van der Waals surface area contributed by atoms with Crippen LogP contribution in [0.5, 0.6) is 0 Å². The number of pyridine rings is 1. The summed E-state index contributed by atoms with van der Waals surface area (Å²) < 4.78 is 1.81. The Morgan fingerprint density at radius 3 is 2.46 bits per heavy atom. The SMILES string of the molecule is CN(C)c1ccc[c-]c1-n1cccn1.O=C(O)c1ccccn1.[Ir]. The maximum Gasteiger partial charge on any atom is 0.354 e. The standard InChI is InChI=1S/C11H12N3.C6H5NO2.Ir/c1-13(2)10-6-3-4-7-11(10)14-9-5-8-12-14;8-6(9)5-3-1-2-4-7-5;/h3-6,8-9H,1-2H3;1-4H,(H,8,9);/q-1;;. The molecule has 0 amide bonds. The Hall–Kier alpha value is -2.50. The van der Waals surface area contributed by atoms with Gasteiger partial charge in [0.25, 0.3) is 0 Å². The number of carboxylic acids is 1. The van der Waals surface area contributed by atoms with Crippen molar-refractivity contribution in [2.75, 3.05) is 19.0 Å². The molecule has 1 radical (unpaired) electrons. The van der Waals surface area contributed by atoms with E-state index < -0.39 is 5.97 Å². The molecule has 3 rings (SSSR count). The number of rotatable bonds is 3. The van der Waals surface area contributed by atoms with Crippen molar-refractivity contribution in [1.29, 1.82) is 0 Å². The third-order valence-electron chi connectivity index (χ3n) is 2.91. The zero-order valence-corrected chi connectivity index (χ0v) is 15.6. The quantitative estimate of drug-likeness (QED) is 0.559. The van der Waals surface area contributed by atoms with Gasteiger partial charge in [-0.1, -0.05) is 6.07 Å². The molecular formula is C17H17IrN4O2-. The van der Waals surface area contributed by atoms with Crippen LogP contribution in [0.1, 0.15) is 10.5 Å². The van der Waals surface area contributed by atoms with Crippen LogP contribution in [0.25, 0.3) is 5.69 Å². The Kier molecular flexibility index (Phi) is 7.82. The van der Waals surface area contributed by atoms with Crippen LogP contribution in [0.3, 0.4) is 0 Å². The van der Waals surface area contributed by atoms with E-state index in [-0.39, 0.29) is 25.8 Å². The minimum absolute atomic E-state index is 0. The fourth-order valence-electron chi connectivity index (χ4n) is 1.85. The molecule has 6 nitrogen and oxygen atoms in total. The molecule has 0 saturated carbocycles. The van der Waals surface area contributed by atoms with Crippen molar-refractivity contribution in [3.05, 3.63) is 72.8 Å². The number of carboxylic acid groups (broad SMARTS) is 1. The van der Waals surface area contributed by atoms with E-state index in [4.69, 9.17) is 5.11 Å². The molecule has 127 valence electrons. The van der Waals surface area contributed by atoms with Crippen LogP contribution in [0.4, 0.5) is 5.69 Å². The van der Waals surface area contributed by atoms with Crippen molar-refractivity contribution in [3.63, 3.8) is 0 Å². The predicted octanol–water partition coefficient (Wildman–Crippen LogP) is 2.52. The number of para-hydroxylation sites is 1. The van der Waals surface area contributed by atoms with E-state index in [2.05, 4.69) is 16.1 Å². The molecule has 0 aliphatic rings. The van der Waals surface area contributed by atoms with E-state index in [0.717, 1.165) is 11.4 Å². The Labute approximate surface area is 154 Å². The van der Waals surface area contributed by atoms with Crippen LogP contribution in [-0.2, 0) is 20.1 Å². The van der Waals surface area contributed by atoms with Gasteiger partial charge in [0.05, 0.1) is 0 Å². The average molecular weight is 502 g/mol. The van der Waals surface area contributed by atoms with Gasteiger partial charge in [-0.2, -0.15) is 23.3 Å². The number of benzene rings is 1. The van der Waals surface area contributed by atoms with Crippen LogP contribution in [-0.4, -0.2) is 39.9 Å². The zero-order valence-electron chi connectivity index (χ0n) is 13.3. The number of anilines is 1. The topological polar surface area (TPSA) is 71.2 Å². The first kappa shape index (κ1) is 19.5. The van der Waals surface area contributed by atoms with Gasteiger partial charge in [-0.15, -0.1) is 6.07 Å². The third-order valence-corrected chi connectivity index (χ3v) is 2.91. The molecule has 0 unspecified atom stereocenters. The summed E-state index contributed by atoms with van der Waals surface area (Å²) in [4.78, 5) is 15.8. The minimum Gasteiger partial charge on any atom is -0.477 e. The first-order chi connectivity index (χ1) is 11.1. The largest absolute Gasteiger partial charge is 0.477 e. The molecule has 2 aromatic heterocycles. The van der Waals surface area contributed by atoms with Gasteiger partial charge >= 0.3 is 5.97 Å². The van der Waals surface area contributed by atoms with E-state index in [1.54, 1.807) is 18.3 Å². The van der Waals surface area contributed by atoms with Crippen molar-refractivity contribution >= 4 is 11.7 Å². The fraction of sp³-hybridized carbons (Fsp3) is 0.118. The second kappa shape index (κ2) is 9.60. The summed E-state index contributed by atoms with van der Waals surface area (Å²) >= 11 is 0. The summed E-state index contributed by atoms with van der Waals surface area (Å²) in [6, 6.07) is 15.8. The van der Waals surface area contributed by atoms with Crippen molar-refractivity contribution < 1.29 is 30.0 Å². The normalized spacial score (nSPS) is 9.25. The van der Waals surface area contributed by atoms with Crippen LogP contribution in [0.2, 0.25) is 0 Å². The van der Waals surface area contributed by atoms with Gasteiger partial charge in [0.2, 0.25) is 0 Å². The van der Waals surface area contributed by atoms with E-state index >= 15 is 0 Å². The average Bonchev–Trinajstić information content (AvgIpc) is 3.10. The maximum absolute atomic E-state index is 10.1. The maximum atomic E-state index is 10.1. The minimum atomic E-state index is -0.990. The fourth-order valence-corrected chi connectivity index (χ4v) is 1.85. The van der Waals surface area contributed by atoms with Gasteiger partial charge in [0.1, 0.15) is 5.69 Å². The Balaban J connectivity index is 0.000000252. The summed E-state index contributed by atoms with van der Waals surface area (Å²) in [6.45, 7) is 0. The summed E-state index contributed by atoms with van der Waals surface area (Å²) in [5.74, 6) is -0.990. The number of hydrogen-bond acceptors (Lipinski definition) is 4. The molecule has 7 heteroatoms. The molecule has 24 heavy (non-hydrogen) atoms. The van der Waals surface area contributed by atoms with Crippen molar-refractivity contribution in [2.24, 2.45) is 0 Å². The van der Waals surface area contributed by atoms with E-state index in [9.17, 15) is 4.79 Å². The summed E-state index contributed by atoms with van der Waals surface area (Å²) in [6.07, 6.45) is 5.13. The molecule has 0 bridgehead atoms. The summed E-state index contributed by atoms with van der Waals surface area (Å²) in [5.41, 5.74) is 2.16. The summed E-state index contributed by atoms with van der Waals surface area (Å²) in [5, 5.41) is 12.5. The molecule has 3 aromatic rings. The predicted molar refractivity (Wildman–Crippen MR) is 87.9 cm³/mol. The molecule has 0 atom stereocenters. The molecule has 0 fully saturated rings. The molecule has 0 saturated heterocycles. The van der Waals surface area contributed by atoms with Crippen molar-refractivity contribution in [1.82, 2.24) is 14.8 Å². The van der Waals surface area contributed by atoms with Gasteiger partial charge in [-0.05, 0) is 43.7 Å². The van der Waals surface area contributed by atoms with Crippen molar-refractivity contribution in [3.8, 4) is 5.69 Å². The van der Waals surface area contributed by atoms with Crippen LogP contribution < -0.4 is 4.90 Å². The number of carbonyl (C=O) groups is 1. The van der Waals surface area contributed by atoms with Gasteiger partial charge in [-0.25, -0.2) is 9.78 Å². The van der Waals surface area contributed by atoms with Gasteiger partial charge in [0.15, 0.2) is 0 Å². The molecular weight excluding hydrogens is 484 g/mol. The van der Waals surface area contributed by atoms with Crippen LogP contribution >= 0.6 is 0 Å². The second-order valence-corrected chi connectivity index (χ2v) is 4.77. The first-order valence-electron chi connectivity index (χ1n) is 6.92. The zero-order chi connectivity index (χ0) is 16.7. The molecule has 2 heterocycles. The molecule has 0 aliphatic heterocycles. The van der Waals surface area contributed by atoms with Gasteiger partial charge in [0, 0.05) is 38.7 Å². The van der Waals surface area contributed by atoms with Crippen molar-refractivity contribution in [2.45, 2.75) is 0 Å². The molecule has 1 N–H and O–H groups in total. The molecule has 1 aromatic carbocycles. The summed E-state index contributed by atoms with van der Waals surface area (Å²) in [7, 11) is 4.02. The Bertz CT molecular complexity index is 746.